The zero-order valence-electron chi connectivity index (χ0n) is 16.1. The molecule has 0 saturated carbocycles. The molecule has 2 heterocycles. The number of hydrogen-bond acceptors (Lipinski definition) is 3. The van der Waals surface area contributed by atoms with Crippen LogP contribution in [-0.2, 0) is 11.3 Å². The minimum atomic E-state index is -1.00. The monoisotopic (exact) mass is 381 g/mol. The van der Waals surface area contributed by atoms with Crippen molar-refractivity contribution >= 4 is 22.5 Å². The topological polar surface area (TPSA) is 64.0 Å². The van der Waals surface area contributed by atoms with Gasteiger partial charge in [0.15, 0.2) is 0 Å². The van der Waals surface area contributed by atoms with Crippen LogP contribution in [0.5, 0.6) is 0 Å². The average Bonchev–Trinajstić information content (AvgIpc) is 2.69. The zero-order valence-corrected chi connectivity index (χ0v) is 16.1. The summed E-state index contributed by atoms with van der Waals surface area (Å²) in [6.45, 7) is 4.16. The molecule has 1 N–H and O–H groups in total. The van der Waals surface area contributed by atoms with E-state index in [1.807, 2.05) is 43.5 Å². The Labute approximate surface area is 163 Å². The molecule has 3 aromatic rings. The molecule has 28 heavy (non-hydrogen) atoms. The summed E-state index contributed by atoms with van der Waals surface area (Å²) in [4.78, 5) is 28.7. The first-order valence-corrected chi connectivity index (χ1v) is 9.51. The molecule has 0 fully saturated rings. The van der Waals surface area contributed by atoms with Gasteiger partial charge in [-0.25, -0.2) is 9.37 Å². The first-order chi connectivity index (χ1) is 13.5. The van der Waals surface area contributed by atoms with Gasteiger partial charge in [0.05, 0.1) is 6.17 Å². The maximum atomic E-state index is 12.8. The summed E-state index contributed by atoms with van der Waals surface area (Å²) in [5.74, 6) is 0.165. The van der Waals surface area contributed by atoms with E-state index in [9.17, 15) is 14.0 Å². The van der Waals surface area contributed by atoms with E-state index in [-0.39, 0.29) is 24.3 Å². The van der Waals surface area contributed by atoms with Crippen molar-refractivity contribution < 1.29 is 9.18 Å². The summed E-state index contributed by atoms with van der Waals surface area (Å²) in [6, 6.07) is 11.2. The lowest BCUT2D eigenvalue weighted by molar-refractivity contribution is -0.116. The van der Waals surface area contributed by atoms with E-state index < -0.39 is 6.17 Å². The Bertz CT molecular complexity index is 1030. The lowest BCUT2D eigenvalue weighted by Crippen LogP contribution is -2.19. The van der Waals surface area contributed by atoms with Gasteiger partial charge < -0.3 is 9.88 Å². The summed E-state index contributed by atoms with van der Waals surface area (Å²) < 4.78 is 14.6. The number of rotatable bonds is 7. The quantitative estimate of drug-likeness (QED) is 0.653. The molecule has 0 radical (unpaired) electrons. The van der Waals surface area contributed by atoms with Crippen molar-refractivity contribution in [1.82, 2.24) is 9.55 Å². The average molecular weight is 381 g/mol. The molecule has 0 bridgehead atoms. The Kier molecular flexibility index (Phi) is 6.19. The smallest absolute Gasteiger partial charge is 0.258 e. The lowest BCUT2D eigenvalue weighted by atomic mass is 10.0. The summed E-state index contributed by atoms with van der Waals surface area (Å²) in [6.07, 6.45) is 3.69. The fourth-order valence-electron chi connectivity index (χ4n) is 3.05. The molecule has 6 heteroatoms. The van der Waals surface area contributed by atoms with Crippen LogP contribution in [0.2, 0.25) is 0 Å². The minimum Gasteiger partial charge on any atom is -0.315 e. The molecule has 0 spiro atoms. The molecule has 0 aliphatic carbocycles. The first-order valence-electron chi connectivity index (χ1n) is 9.51. The van der Waals surface area contributed by atoms with Crippen molar-refractivity contribution in [3.63, 3.8) is 0 Å². The van der Waals surface area contributed by atoms with Crippen LogP contribution in [-0.4, -0.2) is 21.6 Å². The van der Waals surface area contributed by atoms with E-state index in [1.165, 1.54) is 6.92 Å². The standard InChI is InChI=1S/C22H24FN3O2/c1-3-11-26-12-10-16-5-6-17(13-19(16)22(26)28)18-7-8-20(24-14-18)25-21(27)9-4-15(2)23/h5-8,10,12-15H,3-4,9,11H2,1-2H3,(H,24,25,27). The first kappa shape index (κ1) is 19.7. The number of fused-ring (bicyclic) bond motifs is 1. The van der Waals surface area contributed by atoms with Crippen molar-refractivity contribution in [2.45, 2.75) is 45.8 Å². The summed E-state index contributed by atoms with van der Waals surface area (Å²) in [5, 5.41) is 4.24. The Balaban J connectivity index is 1.81. The van der Waals surface area contributed by atoms with E-state index in [4.69, 9.17) is 0 Å². The number of anilines is 1. The van der Waals surface area contributed by atoms with Gasteiger partial charge >= 0.3 is 0 Å². The second-order valence-corrected chi connectivity index (χ2v) is 6.92. The number of pyridine rings is 2. The molecule has 0 aliphatic heterocycles. The number of halogens is 1. The zero-order chi connectivity index (χ0) is 20.1. The highest BCUT2D eigenvalue weighted by atomic mass is 19.1. The van der Waals surface area contributed by atoms with Crippen LogP contribution < -0.4 is 10.9 Å². The van der Waals surface area contributed by atoms with Crippen molar-refractivity contribution in [3.8, 4) is 11.1 Å². The van der Waals surface area contributed by atoms with E-state index in [1.54, 1.807) is 16.8 Å². The largest absolute Gasteiger partial charge is 0.315 e. The van der Waals surface area contributed by atoms with E-state index >= 15 is 0 Å². The minimum absolute atomic E-state index is 0.000124. The third kappa shape index (κ3) is 4.63. The van der Waals surface area contributed by atoms with Crippen molar-refractivity contribution in [3.05, 3.63) is 59.1 Å². The molecule has 3 rings (SSSR count). The highest BCUT2D eigenvalue weighted by molar-refractivity contribution is 5.90. The summed E-state index contributed by atoms with van der Waals surface area (Å²) in [5.41, 5.74) is 1.73. The van der Waals surface area contributed by atoms with Crippen molar-refractivity contribution in [2.75, 3.05) is 5.32 Å². The van der Waals surface area contributed by atoms with Crippen LogP contribution in [0.1, 0.15) is 33.1 Å². The molecular weight excluding hydrogens is 357 g/mol. The lowest BCUT2D eigenvalue weighted by Gasteiger charge is -2.09. The molecule has 2 aromatic heterocycles. The predicted octanol–water partition coefficient (Wildman–Crippen LogP) is 4.55. The Morgan fingerprint density at radius 2 is 2.00 bits per heavy atom. The van der Waals surface area contributed by atoms with Crippen LogP contribution in [0.3, 0.4) is 0 Å². The van der Waals surface area contributed by atoms with E-state index in [0.29, 0.717) is 17.7 Å². The van der Waals surface area contributed by atoms with Crippen LogP contribution in [0.15, 0.2) is 53.6 Å². The van der Waals surface area contributed by atoms with Gasteiger partial charge in [0, 0.05) is 36.3 Å². The fraction of sp³-hybridized carbons (Fsp3) is 0.318. The number of nitrogens with zero attached hydrogens (tertiary/aromatic N) is 2. The maximum Gasteiger partial charge on any atom is 0.258 e. The molecular formula is C22H24FN3O2. The van der Waals surface area contributed by atoms with E-state index in [2.05, 4.69) is 10.3 Å². The molecule has 1 unspecified atom stereocenters. The normalized spacial score (nSPS) is 12.1. The van der Waals surface area contributed by atoms with Gasteiger partial charge in [0.2, 0.25) is 5.91 Å². The van der Waals surface area contributed by atoms with Gasteiger partial charge in [-0.05, 0) is 55.0 Å². The number of amides is 1. The van der Waals surface area contributed by atoms with Gasteiger partial charge in [-0.3, -0.25) is 9.59 Å². The number of carbonyl (C=O) groups excluding carboxylic acids is 1. The number of aryl methyl sites for hydroxylation is 1. The number of aromatic nitrogens is 2. The number of nitrogens with one attached hydrogen (secondary N) is 1. The van der Waals surface area contributed by atoms with E-state index in [0.717, 1.165) is 22.9 Å². The summed E-state index contributed by atoms with van der Waals surface area (Å²) >= 11 is 0. The van der Waals surface area contributed by atoms with Crippen LogP contribution >= 0.6 is 0 Å². The highest BCUT2D eigenvalue weighted by Crippen LogP contribution is 2.23. The molecule has 5 nitrogen and oxygen atoms in total. The van der Waals surface area contributed by atoms with Crippen LogP contribution in [0.25, 0.3) is 21.9 Å². The fourth-order valence-corrected chi connectivity index (χ4v) is 3.05. The van der Waals surface area contributed by atoms with Gasteiger partial charge in [-0.2, -0.15) is 0 Å². The number of hydrogen-bond donors (Lipinski definition) is 1. The Morgan fingerprint density at radius 3 is 2.68 bits per heavy atom. The second kappa shape index (κ2) is 8.78. The van der Waals surface area contributed by atoms with Gasteiger partial charge in [0.25, 0.3) is 5.56 Å². The highest BCUT2D eigenvalue weighted by Gasteiger charge is 2.08. The molecule has 1 atom stereocenters. The second-order valence-electron chi connectivity index (χ2n) is 6.92. The number of benzene rings is 1. The van der Waals surface area contributed by atoms with Crippen LogP contribution in [0, 0.1) is 0 Å². The Morgan fingerprint density at radius 1 is 1.21 bits per heavy atom. The Hall–Kier alpha value is -3.02. The van der Waals surface area contributed by atoms with Gasteiger partial charge in [0.1, 0.15) is 5.82 Å². The summed E-state index contributed by atoms with van der Waals surface area (Å²) in [7, 11) is 0. The third-order valence-corrected chi connectivity index (χ3v) is 4.58. The maximum absolute atomic E-state index is 12.8. The molecule has 1 aromatic carbocycles. The molecule has 146 valence electrons. The van der Waals surface area contributed by atoms with Crippen LogP contribution in [0.4, 0.5) is 10.2 Å². The SMILES string of the molecule is CCCn1ccc2ccc(-c3ccc(NC(=O)CCC(C)F)nc3)cc2c1=O. The van der Waals surface area contributed by atoms with Crippen molar-refractivity contribution in [2.24, 2.45) is 0 Å². The van der Waals surface area contributed by atoms with Gasteiger partial charge in [-0.1, -0.05) is 19.1 Å². The predicted molar refractivity (Wildman–Crippen MR) is 110 cm³/mol. The molecule has 0 aliphatic rings. The number of carbonyl (C=O) groups is 1. The van der Waals surface area contributed by atoms with Crippen molar-refractivity contribution in [1.29, 1.82) is 0 Å². The van der Waals surface area contributed by atoms with Gasteiger partial charge in [-0.15, -0.1) is 0 Å². The number of alkyl halides is 1. The third-order valence-electron chi connectivity index (χ3n) is 4.58. The molecule has 0 saturated heterocycles. The molecule has 1 amide bonds.